The molecule has 1 atom stereocenters. The molecule has 0 spiro atoms. The Hall–Kier alpha value is -2.14. The van der Waals surface area contributed by atoms with Gasteiger partial charge >= 0.3 is 0 Å². The molecule has 2 aromatic carbocycles. The number of benzene rings is 2. The SMILES string of the molecule is Cc1ccc(CN2CC(C(=O)Nc3ccc(Br)cc3C)CC2=O)cc1. The number of nitrogens with one attached hydrogen (secondary N) is 1. The van der Waals surface area contributed by atoms with E-state index < -0.39 is 0 Å². The van der Waals surface area contributed by atoms with Gasteiger partial charge in [-0.05, 0) is 43.2 Å². The Bertz CT molecular complexity index is 802. The van der Waals surface area contributed by atoms with Gasteiger partial charge in [0.05, 0.1) is 5.92 Å². The van der Waals surface area contributed by atoms with Gasteiger partial charge in [0.1, 0.15) is 0 Å². The molecule has 1 aliphatic rings. The zero-order valence-electron chi connectivity index (χ0n) is 14.4. The summed E-state index contributed by atoms with van der Waals surface area (Å²) < 4.78 is 0.975. The van der Waals surface area contributed by atoms with Gasteiger partial charge in [-0.1, -0.05) is 45.8 Å². The second kappa shape index (κ2) is 7.40. The molecular formula is C20H21BrN2O2. The molecule has 1 heterocycles. The number of carbonyl (C=O) groups excluding carboxylic acids is 2. The Morgan fingerprint density at radius 3 is 2.60 bits per heavy atom. The van der Waals surface area contributed by atoms with Crippen molar-refractivity contribution in [2.24, 2.45) is 5.92 Å². The monoisotopic (exact) mass is 400 g/mol. The molecule has 0 saturated carbocycles. The van der Waals surface area contributed by atoms with Crippen molar-refractivity contribution in [1.82, 2.24) is 4.90 Å². The maximum Gasteiger partial charge on any atom is 0.229 e. The Labute approximate surface area is 156 Å². The van der Waals surface area contributed by atoms with Crippen LogP contribution in [0.25, 0.3) is 0 Å². The molecule has 3 rings (SSSR count). The first-order chi connectivity index (χ1) is 11.9. The zero-order chi connectivity index (χ0) is 18.0. The summed E-state index contributed by atoms with van der Waals surface area (Å²) in [6, 6.07) is 13.9. The number of anilines is 1. The van der Waals surface area contributed by atoms with Gasteiger partial charge in [-0.15, -0.1) is 0 Å². The molecule has 0 aromatic heterocycles. The fraction of sp³-hybridized carbons (Fsp3) is 0.300. The number of amides is 2. The summed E-state index contributed by atoms with van der Waals surface area (Å²) in [7, 11) is 0. The third-order valence-corrected chi connectivity index (χ3v) is 5.02. The third-order valence-electron chi connectivity index (χ3n) is 4.53. The Kier molecular flexibility index (Phi) is 5.23. The van der Waals surface area contributed by atoms with Crippen molar-refractivity contribution in [2.45, 2.75) is 26.8 Å². The third kappa shape index (κ3) is 4.28. The lowest BCUT2D eigenvalue weighted by molar-refractivity contribution is -0.128. The number of carbonyl (C=O) groups is 2. The summed E-state index contributed by atoms with van der Waals surface area (Å²) >= 11 is 3.42. The van der Waals surface area contributed by atoms with Crippen LogP contribution >= 0.6 is 15.9 Å². The van der Waals surface area contributed by atoms with Crippen molar-refractivity contribution in [3.8, 4) is 0 Å². The fourth-order valence-electron chi connectivity index (χ4n) is 3.02. The molecule has 1 saturated heterocycles. The van der Waals surface area contributed by atoms with Gasteiger partial charge < -0.3 is 10.2 Å². The number of halogens is 1. The molecule has 2 aromatic rings. The van der Waals surface area contributed by atoms with E-state index in [2.05, 4.69) is 21.2 Å². The zero-order valence-corrected chi connectivity index (χ0v) is 16.0. The summed E-state index contributed by atoms with van der Waals surface area (Å²) in [5, 5.41) is 2.95. The number of hydrogen-bond donors (Lipinski definition) is 1. The van der Waals surface area contributed by atoms with Crippen LogP contribution in [0.5, 0.6) is 0 Å². The van der Waals surface area contributed by atoms with Crippen LogP contribution in [-0.2, 0) is 16.1 Å². The lowest BCUT2D eigenvalue weighted by Crippen LogP contribution is -2.28. The highest BCUT2D eigenvalue weighted by Crippen LogP contribution is 2.24. The Morgan fingerprint density at radius 1 is 1.20 bits per heavy atom. The quantitative estimate of drug-likeness (QED) is 0.841. The predicted octanol–water partition coefficient (Wildman–Crippen LogP) is 4.05. The van der Waals surface area contributed by atoms with E-state index >= 15 is 0 Å². The van der Waals surface area contributed by atoms with Gasteiger partial charge in [-0.25, -0.2) is 0 Å². The van der Waals surface area contributed by atoms with Gasteiger partial charge in [-0.3, -0.25) is 9.59 Å². The summed E-state index contributed by atoms with van der Waals surface area (Å²) in [4.78, 5) is 26.6. The van der Waals surface area contributed by atoms with E-state index in [9.17, 15) is 9.59 Å². The molecule has 5 heteroatoms. The van der Waals surface area contributed by atoms with Gasteiger partial charge in [0.15, 0.2) is 0 Å². The molecule has 25 heavy (non-hydrogen) atoms. The molecule has 1 fully saturated rings. The molecule has 4 nitrogen and oxygen atoms in total. The minimum atomic E-state index is -0.305. The van der Waals surface area contributed by atoms with Crippen LogP contribution in [0.1, 0.15) is 23.1 Å². The molecule has 130 valence electrons. The van der Waals surface area contributed by atoms with Crippen LogP contribution in [0.15, 0.2) is 46.9 Å². The Morgan fingerprint density at radius 2 is 1.92 bits per heavy atom. The second-order valence-electron chi connectivity index (χ2n) is 6.61. The Balaban J connectivity index is 1.63. The standard InChI is InChI=1S/C20H21BrN2O2/c1-13-3-5-15(6-4-13)11-23-12-16(10-19(23)24)20(25)22-18-8-7-17(21)9-14(18)2/h3-9,16H,10-12H2,1-2H3,(H,22,25). The number of likely N-dealkylation sites (tertiary alicyclic amines) is 1. The van der Waals surface area contributed by atoms with Crippen molar-refractivity contribution in [2.75, 3.05) is 11.9 Å². The largest absolute Gasteiger partial charge is 0.338 e. The minimum Gasteiger partial charge on any atom is -0.338 e. The average Bonchev–Trinajstić information content (AvgIpc) is 2.93. The molecular weight excluding hydrogens is 380 g/mol. The fourth-order valence-corrected chi connectivity index (χ4v) is 3.49. The predicted molar refractivity (Wildman–Crippen MR) is 102 cm³/mol. The minimum absolute atomic E-state index is 0.0354. The first kappa shape index (κ1) is 17.7. The maximum absolute atomic E-state index is 12.5. The molecule has 1 N–H and O–H groups in total. The lowest BCUT2D eigenvalue weighted by Gasteiger charge is -2.17. The van der Waals surface area contributed by atoms with Gasteiger partial charge in [0.25, 0.3) is 0 Å². The van der Waals surface area contributed by atoms with Crippen molar-refractivity contribution in [3.05, 3.63) is 63.6 Å². The molecule has 0 radical (unpaired) electrons. The first-order valence-corrected chi connectivity index (χ1v) is 9.12. The summed E-state index contributed by atoms with van der Waals surface area (Å²) in [5.74, 6) is -0.362. The molecule has 0 bridgehead atoms. The molecule has 1 unspecified atom stereocenters. The van der Waals surface area contributed by atoms with E-state index in [0.717, 1.165) is 21.3 Å². The van der Waals surface area contributed by atoms with E-state index in [4.69, 9.17) is 0 Å². The maximum atomic E-state index is 12.5. The molecule has 0 aliphatic carbocycles. The van der Waals surface area contributed by atoms with E-state index in [-0.39, 0.29) is 24.2 Å². The van der Waals surface area contributed by atoms with Crippen LogP contribution in [0.4, 0.5) is 5.69 Å². The number of nitrogens with zero attached hydrogens (tertiary/aromatic N) is 1. The van der Waals surface area contributed by atoms with Crippen molar-refractivity contribution < 1.29 is 9.59 Å². The van der Waals surface area contributed by atoms with Crippen LogP contribution in [0.2, 0.25) is 0 Å². The van der Waals surface area contributed by atoms with Crippen LogP contribution in [0, 0.1) is 19.8 Å². The highest BCUT2D eigenvalue weighted by Gasteiger charge is 2.34. The number of aryl methyl sites for hydroxylation is 2. The normalized spacial score (nSPS) is 17.0. The summed E-state index contributed by atoms with van der Waals surface area (Å²) in [6.45, 7) is 5.01. The highest BCUT2D eigenvalue weighted by atomic mass is 79.9. The second-order valence-corrected chi connectivity index (χ2v) is 7.53. The van der Waals surface area contributed by atoms with Crippen LogP contribution in [-0.4, -0.2) is 23.3 Å². The summed E-state index contributed by atoms with van der Waals surface area (Å²) in [6.07, 6.45) is 0.271. The smallest absolute Gasteiger partial charge is 0.229 e. The van der Waals surface area contributed by atoms with E-state index in [1.807, 2.05) is 56.3 Å². The van der Waals surface area contributed by atoms with Crippen LogP contribution in [0.3, 0.4) is 0 Å². The van der Waals surface area contributed by atoms with Crippen LogP contribution < -0.4 is 5.32 Å². The van der Waals surface area contributed by atoms with E-state index in [0.29, 0.717) is 13.1 Å². The topological polar surface area (TPSA) is 49.4 Å². The number of rotatable bonds is 4. The molecule has 1 aliphatic heterocycles. The van der Waals surface area contributed by atoms with Crippen molar-refractivity contribution in [1.29, 1.82) is 0 Å². The molecule has 2 amide bonds. The van der Waals surface area contributed by atoms with Crippen molar-refractivity contribution >= 4 is 33.4 Å². The van der Waals surface area contributed by atoms with Gasteiger partial charge in [0.2, 0.25) is 11.8 Å². The highest BCUT2D eigenvalue weighted by molar-refractivity contribution is 9.10. The lowest BCUT2D eigenvalue weighted by atomic mass is 10.1. The first-order valence-electron chi connectivity index (χ1n) is 8.32. The summed E-state index contributed by atoms with van der Waals surface area (Å²) in [5.41, 5.74) is 4.06. The van der Waals surface area contributed by atoms with Crippen molar-refractivity contribution in [3.63, 3.8) is 0 Å². The van der Waals surface area contributed by atoms with E-state index in [1.54, 1.807) is 4.90 Å². The van der Waals surface area contributed by atoms with Gasteiger partial charge in [0, 0.05) is 29.7 Å². The average molecular weight is 401 g/mol. The van der Waals surface area contributed by atoms with Gasteiger partial charge in [-0.2, -0.15) is 0 Å². The number of hydrogen-bond acceptors (Lipinski definition) is 2. The van der Waals surface area contributed by atoms with E-state index in [1.165, 1.54) is 5.56 Å².